The van der Waals surface area contributed by atoms with Crippen molar-refractivity contribution >= 4 is 23.2 Å². The predicted octanol–water partition coefficient (Wildman–Crippen LogP) is 1.47. The molecule has 1 amide bonds. The number of nitrogens with one attached hydrogen (secondary N) is 1. The molecule has 0 aliphatic heterocycles. The molecule has 0 radical (unpaired) electrons. The molecule has 112 valence electrons. The Labute approximate surface area is 123 Å². The number of hydrogen-bond acceptors (Lipinski definition) is 7. The number of ether oxygens (including phenoxy) is 1. The first-order chi connectivity index (χ1) is 10.0. The Kier molecular flexibility index (Phi) is 4.66. The number of carboxylic acid groups (broad SMARTS) is 1. The van der Waals surface area contributed by atoms with Crippen LogP contribution in [0.5, 0.6) is 0 Å². The molecular formula is C12H13N3O5S. The molecule has 2 aromatic heterocycles. The fourth-order valence-corrected chi connectivity index (χ4v) is 2.35. The van der Waals surface area contributed by atoms with Gasteiger partial charge >= 0.3 is 5.97 Å². The van der Waals surface area contributed by atoms with E-state index >= 15 is 0 Å². The number of amides is 1. The zero-order valence-electron chi connectivity index (χ0n) is 11.3. The van der Waals surface area contributed by atoms with Crippen molar-refractivity contribution in [1.29, 1.82) is 0 Å². The Morgan fingerprint density at radius 1 is 1.52 bits per heavy atom. The van der Waals surface area contributed by atoms with Crippen LogP contribution in [0.3, 0.4) is 0 Å². The maximum Gasteiger partial charge on any atom is 0.355 e. The van der Waals surface area contributed by atoms with Gasteiger partial charge in [0.25, 0.3) is 5.91 Å². The molecule has 0 fully saturated rings. The molecule has 0 aromatic carbocycles. The van der Waals surface area contributed by atoms with Gasteiger partial charge in [-0.2, -0.15) is 0 Å². The van der Waals surface area contributed by atoms with E-state index in [-0.39, 0.29) is 18.0 Å². The molecule has 0 spiro atoms. The van der Waals surface area contributed by atoms with E-state index in [0.717, 1.165) is 0 Å². The molecule has 21 heavy (non-hydrogen) atoms. The van der Waals surface area contributed by atoms with Gasteiger partial charge in [0.05, 0.1) is 6.04 Å². The minimum Gasteiger partial charge on any atom is -0.476 e. The van der Waals surface area contributed by atoms with Gasteiger partial charge in [0, 0.05) is 18.6 Å². The highest BCUT2D eigenvalue weighted by Crippen LogP contribution is 2.18. The van der Waals surface area contributed by atoms with Crippen LogP contribution in [0.2, 0.25) is 0 Å². The van der Waals surface area contributed by atoms with Crippen LogP contribution in [0.4, 0.5) is 0 Å². The van der Waals surface area contributed by atoms with Gasteiger partial charge in [-0.3, -0.25) is 4.79 Å². The largest absolute Gasteiger partial charge is 0.476 e. The topological polar surface area (TPSA) is 115 Å². The lowest BCUT2D eigenvalue weighted by Gasteiger charge is -2.09. The lowest BCUT2D eigenvalue weighted by Crippen LogP contribution is -2.26. The maximum absolute atomic E-state index is 12.0. The van der Waals surface area contributed by atoms with E-state index in [1.54, 1.807) is 6.92 Å². The first-order valence-electron chi connectivity index (χ1n) is 5.95. The summed E-state index contributed by atoms with van der Waals surface area (Å²) in [6, 6.07) is 1.05. The third kappa shape index (κ3) is 3.64. The fourth-order valence-electron chi connectivity index (χ4n) is 1.55. The quantitative estimate of drug-likeness (QED) is 0.830. The summed E-state index contributed by atoms with van der Waals surface area (Å²) in [6.07, 6.45) is 0. The van der Waals surface area contributed by atoms with Crippen molar-refractivity contribution in [2.24, 2.45) is 0 Å². The Bertz CT molecular complexity index is 651. The molecule has 1 atom stereocenters. The van der Waals surface area contributed by atoms with E-state index < -0.39 is 17.9 Å². The number of rotatable bonds is 6. The van der Waals surface area contributed by atoms with E-state index in [0.29, 0.717) is 10.8 Å². The molecule has 8 nitrogen and oxygen atoms in total. The van der Waals surface area contributed by atoms with E-state index in [1.807, 2.05) is 0 Å². The fraction of sp³-hybridized carbons (Fsp3) is 0.333. The molecular weight excluding hydrogens is 298 g/mol. The highest BCUT2D eigenvalue weighted by Gasteiger charge is 2.19. The number of aromatic carboxylic acids is 1. The molecule has 2 aromatic rings. The molecule has 0 saturated heterocycles. The van der Waals surface area contributed by atoms with Crippen LogP contribution >= 0.6 is 11.3 Å². The molecule has 2 heterocycles. The highest BCUT2D eigenvalue weighted by atomic mass is 32.1. The Morgan fingerprint density at radius 3 is 2.90 bits per heavy atom. The van der Waals surface area contributed by atoms with E-state index in [9.17, 15) is 9.59 Å². The van der Waals surface area contributed by atoms with Crippen molar-refractivity contribution < 1.29 is 24.0 Å². The number of carbonyl (C=O) groups is 2. The van der Waals surface area contributed by atoms with Gasteiger partial charge in [0.2, 0.25) is 0 Å². The molecule has 2 N–H and O–H groups in total. The van der Waals surface area contributed by atoms with Gasteiger partial charge in [-0.1, -0.05) is 5.16 Å². The lowest BCUT2D eigenvalue weighted by molar-refractivity contribution is 0.0691. The molecule has 0 aliphatic carbocycles. The number of methoxy groups -OCH3 is 1. The second-order valence-electron chi connectivity index (χ2n) is 4.18. The van der Waals surface area contributed by atoms with Crippen LogP contribution in [0.25, 0.3) is 0 Å². The zero-order valence-corrected chi connectivity index (χ0v) is 12.1. The zero-order chi connectivity index (χ0) is 15.4. The number of nitrogens with zero attached hydrogens (tertiary/aromatic N) is 2. The van der Waals surface area contributed by atoms with Crippen molar-refractivity contribution in [2.75, 3.05) is 7.11 Å². The average molecular weight is 311 g/mol. The van der Waals surface area contributed by atoms with E-state index in [4.69, 9.17) is 14.4 Å². The maximum atomic E-state index is 12.0. The molecule has 0 bridgehead atoms. The molecule has 0 saturated carbocycles. The minimum absolute atomic E-state index is 0.0417. The summed E-state index contributed by atoms with van der Waals surface area (Å²) in [7, 11) is 1.51. The van der Waals surface area contributed by atoms with Gasteiger partial charge in [0.15, 0.2) is 17.1 Å². The third-order valence-electron chi connectivity index (χ3n) is 2.54. The summed E-state index contributed by atoms with van der Waals surface area (Å²) in [5, 5.41) is 17.1. The second-order valence-corrected chi connectivity index (χ2v) is 5.07. The first kappa shape index (κ1) is 15.1. The van der Waals surface area contributed by atoms with Gasteiger partial charge in [-0.15, -0.1) is 11.3 Å². The first-order valence-corrected chi connectivity index (χ1v) is 6.83. The summed E-state index contributed by atoms with van der Waals surface area (Å²) < 4.78 is 9.79. The van der Waals surface area contributed by atoms with E-state index in [2.05, 4.69) is 15.5 Å². The van der Waals surface area contributed by atoms with Gasteiger partial charge in [-0.05, 0) is 6.92 Å². The summed E-state index contributed by atoms with van der Waals surface area (Å²) in [5.41, 5.74) is 0.0869. The lowest BCUT2D eigenvalue weighted by atomic mass is 10.3. The molecule has 1 unspecified atom stereocenters. The van der Waals surface area contributed by atoms with Crippen LogP contribution < -0.4 is 5.32 Å². The summed E-state index contributed by atoms with van der Waals surface area (Å²) in [4.78, 5) is 26.7. The van der Waals surface area contributed by atoms with Crippen LogP contribution in [0, 0.1) is 0 Å². The smallest absolute Gasteiger partial charge is 0.355 e. The summed E-state index contributed by atoms with van der Waals surface area (Å²) in [6.45, 7) is 1.93. The van der Waals surface area contributed by atoms with E-state index in [1.165, 1.54) is 29.9 Å². The number of aromatic nitrogens is 2. The molecule has 9 heteroatoms. The second kappa shape index (κ2) is 6.46. The number of hydrogen-bond donors (Lipinski definition) is 2. The Morgan fingerprint density at radius 2 is 2.29 bits per heavy atom. The standard InChI is InChI=1S/C12H13N3O5S/c1-6(11-14-9(5-21-11)12(17)18)13-10(16)8-3-7(4-19-2)20-15-8/h3,5-6H,4H2,1-2H3,(H,13,16)(H,17,18). The number of carbonyl (C=O) groups excluding carboxylic acids is 1. The number of carboxylic acids is 1. The Balaban J connectivity index is 2.01. The van der Waals surface area contributed by atoms with Crippen molar-refractivity contribution in [3.63, 3.8) is 0 Å². The van der Waals surface area contributed by atoms with Crippen LogP contribution in [0.15, 0.2) is 16.0 Å². The summed E-state index contributed by atoms with van der Waals surface area (Å²) in [5.74, 6) is -1.09. The van der Waals surface area contributed by atoms with Crippen molar-refractivity contribution in [1.82, 2.24) is 15.5 Å². The predicted molar refractivity (Wildman–Crippen MR) is 72.2 cm³/mol. The molecule has 0 aliphatic rings. The number of thiazole rings is 1. The van der Waals surface area contributed by atoms with Crippen LogP contribution in [0.1, 0.15) is 44.7 Å². The highest BCUT2D eigenvalue weighted by molar-refractivity contribution is 7.09. The monoisotopic (exact) mass is 311 g/mol. The van der Waals surface area contributed by atoms with Crippen LogP contribution in [-0.2, 0) is 11.3 Å². The van der Waals surface area contributed by atoms with Gasteiger partial charge in [0.1, 0.15) is 11.6 Å². The molecule has 2 rings (SSSR count). The third-order valence-corrected chi connectivity index (χ3v) is 3.56. The van der Waals surface area contributed by atoms with Crippen molar-refractivity contribution in [3.8, 4) is 0 Å². The summed E-state index contributed by atoms with van der Waals surface area (Å²) >= 11 is 1.17. The van der Waals surface area contributed by atoms with Crippen molar-refractivity contribution in [2.45, 2.75) is 19.6 Å². The van der Waals surface area contributed by atoms with Crippen LogP contribution in [-0.4, -0.2) is 34.2 Å². The van der Waals surface area contributed by atoms with Gasteiger partial charge < -0.3 is 19.7 Å². The average Bonchev–Trinajstić information content (AvgIpc) is 3.07. The minimum atomic E-state index is -1.10. The normalized spacial score (nSPS) is 12.1. The SMILES string of the molecule is COCc1cc(C(=O)NC(C)c2nc(C(=O)O)cs2)no1. The van der Waals surface area contributed by atoms with Crippen molar-refractivity contribution in [3.05, 3.63) is 33.6 Å². The Hall–Kier alpha value is -2.26. The van der Waals surface area contributed by atoms with Gasteiger partial charge in [-0.25, -0.2) is 9.78 Å².